The monoisotopic (exact) mass is 224 g/mol. The number of aliphatic hydroxyl groups excluding tert-OH is 1. The fourth-order valence-electron chi connectivity index (χ4n) is 1.29. The quantitative estimate of drug-likeness (QED) is 0.715. The second kappa shape index (κ2) is 6.07. The number of aryl methyl sites for hydroxylation is 1. The number of anilines is 1. The van der Waals surface area contributed by atoms with Crippen molar-refractivity contribution in [2.75, 3.05) is 11.9 Å². The van der Waals surface area contributed by atoms with Gasteiger partial charge in [0, 0.05) is 32.3 Å². The Bertz CT molecular complexity index is 412. The Morgan fingerprint density at radius 2 is 2.19 bits per heavy atom. The number of aromatic nitrogens is 1. The molecule has 0 radical (unpaired) electrons. The van der Waals surface area contributed by atoms with Crippen molar-refractivity contribution in [2.24, 2.45) is 7.05 Å². The van der Waals surface area contributed by atoms with E-state index in [4.69, 9.17) is 5.11 Å². The van der Waals surface area contributed by atoms with E-state index in [2.05, 4.69) is 5.32 Å². The summed E-state index contributed by atoms with van der Waals surface area (Å²) in [4.78, 5) is 22.5. The molecule has 2 N–H and O–H groups in total. The maximum absolute atomic E-state index is 11.4. The first-order chi connectivity index (χ1) is 7.63. The Morgan fingerprint density at radius 1 is 1.44 bits per heavy atom. The molecule has 0 saturated carbocycles. The molecule has 0 aliphatic carbocycles. The lowest BCUT2D eigenvalue weighted by atomic mass is 10.2. The van der Waals surface area contributed by atoms with E-state index < -0.39 is 0 Å². The van der Waals surface area contributed by atoms with E-state index in [1.165, 1.54) is 10.6 Å². The number of rotatable bonds is 5. The maximum Gasteiger partial charge on any atom is 0.250 e. The molecule has 0 aromatic carbocycles. The lowest BCUT2D eigenvalue weighted by Crippen LogP contribution is -2.17. The van der Waals surface area contributed by atoms with Crippen LogP contribution < -0.4 is 10.9 Å². The van der Waals surface area contributed by atoms with Crippen LogP contribution in [-0.4, -0.2) is 22.2 Å². The van der Waals surface area contributed by atoms with Gasteiger partial charge in [0.15, 0.2) is 0 Å². The topological polar surface area (TPSA) is 71.3 Å². The second-order valence-electron chi connectivity index (χ2n) is 3.60. The number of nitrogens with one attached hydrogen (secondary N) is 1. The van der Waals surface area contributed by atoms with E-state index in [9.17, 15) is 9.59 Å². The summed E-state index contributed by atoms with van der Waals surface area (Å²) in [6.07, 6.45) is 3.24. The van der Waals surface area contributed by atoms with Gasteiger partial charge < -0.3 is 15.0 Å². The Labute approximate surface area is 93.7 Å². The van der Waals surface area contributed by atoms with Gasteiger partial charge in [-0.25, -0.2) is 0 Å². The fraction of sp³-hybridized carbons (Fsp3) is 0.455. The molecule has 1 amide bonds. The van der Waals surface area contributed by atoms with Crippen molar-refractivity contribution in [1.29, 1.82) is 0 Å². The third-order valence-electron chi connectivity index (χ3n) is 2.18. The van der Waals surface area contributed by atoms with Crippen LogP contribution in [0.5, 0.6) is 0 Å². The fourth-order valence-corrected chi connectivity index (χ4v) is 1.29. The Kier molecular flexibility index (Phi) is 4.72. The minimum absolute atomic E-state index is 0.104. The average Bonchev–Trinajstić information content (AvgIpc) is 2.24. The van der Waals surface area contributed by atoms with Crippen molar-refractivity contribution in [1.82, 2.24) is 4.57 Å². The van der Waals surface area contributed by atoms with Crippen LogP contribution in [-0.2, 0) is 11.8 Å². The highest BCUT2D eigenvalue weighted by Gasteiger charge is 2.02. The molecular weight excluding hydrogens is 208 g/mol. The van der Waals surface area contributed by atoms with E-state index in [0.717, 1.165) is 0 Å². The van der Waals surface area contributed by atoms with Gasteiger partial charge in [-0.05, 0) is 18.9 Å². The summed E-state index contributed by atoms with van der Waals surface area (Å²) in [5, 5.41) is 11.3. The van der Waals surface area contributed by atoms with E-state index in [1.807, 2.05) is 0 Å². The summed E-state index contributed by atoms with van der Waals surface area (Å²) in [7, 11) is 1.63. The highest BCUT2D eigenvalue weighted by Crippen LogP contribution is 2.04. The number of hydrogen-bond donors (Lipinski definition) is 2. The summed E-state index contributed by atoms with van der Waals surface area (Å²) in [6.45, 7) is 0.104. The number of hydrogen-bond acceptors (Lipinski definition) is 3. The number of carbonyl (C=O) groups excluding carboxylic acids is 1. The minimum Gasteiger partial charge on any atom is -0.396 e. The summed E-state index contributed by atoms with van der Waals surface area (Å²) < 4.78 is 1.41. The summed E-state index contributed by atoms with van der Waals surface area (Å²) >= 11 is 0. The molecule has 16 heavy (non-hydrogen) atoms. The van der Waals surface area contributed by atoms with Crippen LogP contribution in [0, 0.1) is 0 Å². The summed E-state index contributed by atoms with van der Waals surface area (Å²) in [5.74, 6) is -0.105. The number of carbonyl (C=O) groups is 1. The standard InChI is InChI=1S/C11H16N2O3/c1-13-8-9(5-6-11(13)16)12-10(15)4-2-3-7-14/h5-6,8,14H,2-4,7H2,1H3,(H,12,15). The highest BCUT2D eigenvalue weighted by molar-refractivity contribution is 5.90. The molecule has 88 valence electrons. The normalized spacial score (nSPS) is 10.1. The van der Waals surface area contributed by atoms with Crippen molar-refractivity contribution in [3.63, 3.8) is 0 Å². The Morgan fingerprint density at radius 3 is 2.81 bits per heavy atom. The van der Waals surface area contributed by atoms with Gasteiger partial charge in [-0.3, -0.25) is 9.59 Å². The molecule has 0 aliphatic heterocycles. The van der Waals surface area contributed by atoms with Gasteiger partial charge >= 0.3 is 0 Å². The van der Waals surface area contributed by atoms with Crippen molar-refractivity contribution in [3.05, 3.63) is 28.7 Å². The number of pyridine rings is 1. The van der Waals surface area contributed by atoms with Crippen LogP contribution in [0.1, 0.15) is 19.3 Å². The number of unbranched alkanes of at least 4 members (excludes halogenated alkanes) is 1. The predicted octanol–water partition coefficient (Wildman–Crippen LogP) is 0.486. The zero-order valence-corrected chi connectivity index (χ0v) is 9.27. The van der Waals surface area contributed by atoms with Gasteiger partial charge in [0.05, 0.1) is 5.69 Å². The number of nitrogens with zero attached hydrogens (tertiary/aromatic N) is 1. The van der Waals surface area contributed by atoms with E-state index in [1.54, 1.807) is 19.3 Å². The molecular formula is C11H16N2O3. The van der Waals surface area contributed by atoms with E-state index >= 15 is 0 Å². The van der Waals surface area contributed by atoms with Crippen molar-refractivity contribution < 1.29 is 9.90 Å². The predicted molar refractivity (Wildman–Crippen MR) is 61.2 cm³/mol. The molecule has 0 bridgehead atoms. The molecule has 0 spiro atoms. The molecule has 1 aromatic heterocycles. The molecule has 5 nitrogen and oxygen atoms in total. The lowest BCUT2D eigenvalue weighted by Gasteiger charge is -2.05. The van der Waals surface area contributed by atoms with Gasteiger partial charge in [-0.15, -0.1) is 0 Å². The highest BCUT2D eigenvalue weighted by atomic mass is 16.3. The van der Waals surface area contributed by atoms with Crippen LogP contribution in [0.25, 0.3) is 0 Å². The Hall–Kier alpha value is -1.62. The molecule has 0 aliphatic rings. The third kappa shape index (κ3) is 3.86. The first-order valence-electron chi connectivity index (χ1n) is 5.21. The molecule has 5 heteroatoms. The van der Waals surface area contributed by atoms with Gasteiger partial charge in [-0.1, -0.05) is 0 Å². The molecule has 1 heterocycles. The van der Waals surface area contributed by atoms with Crippen molar-refractivity contribution in [3.8, 4) is 0 Å². The van der Waals surface area contributed by atoms with Gasteiger partial charge in [-0.2, -0.15) is 0 Å². The van der Waals surface area contributed by atoms with Crippen molar-refractivity contribution >= 4 is 11.6 Å². The number of aliphatic hydroxyl groups is 1. The molecule has 1 rings (SSSR count). The first kappa shape index (κ1) is 12.4. The lowest BCUT2D eigenvalue weighted by molar-refractivity contribution is -0.116. The summed E-state index contributed by atoms with van der Waals surface area (Å²) in [5.41, 5.74) is 0.495. The van der Waals surface area contributed by atoms with Crippen LogP contribution in [0.4, 0.5) is 5.69 Å². The molecule has 0 fully saturated rings. The smallest absolute Gasteiger partial charge is 0.250 e. The Balaban J connectivity index is 2.50. The zero-order valence-electron chi connectivity index (χ0n) is 9.27. The number of amides is 1. The van der Waals surface area contributed by atoms with Crippen LogP contribution >= 0.6 is 0 Å². The largest absolute Gasteiger partial charge is 0.396 e. The zero-order chi connectivity index (χ0) is 12.0. The maximum atomic E-state index is 11.4. The van der Waals surface area contributed by atoms with E-state index in [0.29, 0.717) is 24.9 Å². The van der Waals surface area contributed by atoms with Crippen LogP contribution in [0.15, 0.2) is 23.1 Å². The first-order valence-corrected chi connectivity index (χ1v) is 5.21. The molecule has 0 unspecified atom stereocenters. The van der Waals surface area contributed by atoms with Crippen molar-refractivity contribution in [2.45, 2.75) is 19.3 Å². The molecule has 1 aromatic rings. The summed E-state index contributed by atoms with van der Waals surface area (Å²) in [6, 6.07) is 2.98. The molecule has 0 atom stereocenters. The average molecular weight is 224 g/mol. The van der Waals surface area contributed by atoms with Crippen LogP contribution in [0.2, 0.25) is 0 Å². The van der Waals surface area contributed by atoms with Gasteiger partial charge in [0.25, 0.3) is 0 Å². The van der Waals surface area contributed by atoms with Gasteiger partial charge in [0.2, 0.25) is 11.5 Å². The minimum atomic E-state index is -0.113. The SMILES string of the molecule is Cn1cc(NC(=O)CCCCO)ccc1=O. The van der Waals surface area contributed by atoms with Crippen LogP contribution in [0.3, 0.4) is 0 Å². The van der Waals surface area contributed by atoms with Gasteiger partial charge in [0.1, 0.15) is 0 Å². The van der Waals surface area contributed by atoms with E-state index in [-0.39, 0.29) is 18.1 Å². The molecule has 0 saturated heterocycles. The second-order valence-corrected chi connectivity index (χ2v) is 3.60. The third-order valence-corrected chi connectivity index (χ3v) is 2.18.